The van der Waals surface area contributed by atoms with Crippen LogP contribution in [0.1, 0.15) is 6.92 Å². The summed E-state index contributed by atoms with van der Waals surface area (Å²) in [5, 5.41) is 0. The molecule has 0 rings (SSSR count). The summed E-state index contributed by atoms with van der Waals surface area (Å²) in [7, 11) is 9.39. The molecule has 0 spiro atoms. The van der Waals surface area contributed by atoms with Crippen LogP contribution in [0, 0.1) is 0 Å². The van der Waals surface area contributed by atoms with Gasteiger partial charge in [-0.2, -0.15) is 0 Å². The lowest BCUT2D eigenvalue weighted by Crippen LogP contribution is -2.44. The molecule has 0 saturated carbocycles. The van der Waals surface area contributed by atoms with E-state index >= 15 is 0 Å². The van der Waals surface area contributed by atoms with E-state index in [2.05, 4.69) is 56.7 Å². The van der Waals surface area contributed by atoms with Gasteiger partial charge < -0.3 is 4.74 Å². The second-order valence-corrected chi connectivity index (χ2v) is 4.64. The number of hydrogen-bond donors (Lipinski definition) is 0. The van der Waals surface area contributed by atoms with Gasteiger partial charge in [0.2, 0.25) is 0 Å². The third-order valence-electron chi connectivity index (χ3n) is 2.16. The summed E-state index contributed by atoms with van der Waals surface area (Å²) in [6.07, 6.45) is 2.70. The smallest absolute Gasteiger partial charge is 0.0854 e. The second kappa shape index (κ2) is 7.17. The zero-order valence-corrected chi connectivity index (χ0v) is 12.3. The van der Waals surface area contributed by atoms with Crippen molar-refractivity contribution in [3.05, 3.63) is 11.8 Å². The lowest BCUT2D eigenvalue weighted by atomic mass is 10.4. The van der Waals surface area contributed by atoms with Crippen molar-refractivity contribution in [2.45, 2.75) is 19.2 Å². The quantitative estimate of drug-likeness (QED) is 0.449. The third kappa shape index (κ3) is 5.54. The van der Waals surface area contributed by atoms with Crippen molar-refractivity contribution in [2.24, 2.45) is 0 Å². The van der Waals surface area contributed by atoms with Gasteiger partial charge in [0.15, 0.2) is 0 Å². The Hall–Kier alpha value is -0.163. The molecule has 0 aliphatic rings. The van der Waals surface area contributed by atoms with Crippen LogP contribution in [0.4, 0.5) is 0 Å². The average molecular weight is 216 g/mol. The molecule has 0 aromatic carbocycles. The summed E-state index contributed by atoms with van der Waals surface area (Å²) < 4.78 is 5.72. The fraction of sp³-hybridized carbons (Fsp3) is 0.800. The SMILES string of the molecule is CC(C=C[SiH3])OCC(N(C)C)N(C)C. The van der Waals surface area contributed by atoms with Crippen molar-refractivity contribution in [3.8, 4) is 0 Å². The van der Waals surface area contributed by atoms with Crippen LogP contribution >= 0.6 is 0 Å². The molecule has 14 heavy (non-hydrogen) atoms. The van der Waals surface area contributed by atoms with Crippen molar-refractivity contribution in [1.82, 2.24) is 9.80 Å². The molecule has 0 radical (unpaired) electrons. The Balaban J connectivity index is 3.94. The van der Waals surface area contributed by atoms with Gasteiger partial charge >= 0.3 is 0 Å². The van der Waals surface area contributed by atoms with E-state index in [1.54, 1.807) is 0 Å². The minimum Gasteiger partial charge on any atom is -0.371 e. The zero-order chi connectivity index (χ0) is 11.1. The van der Waals surface area contributed by atoms with Crippen molar-refractivity contribution in [3.63, 3.8) is 0 Å². The summed E-state index contributed by atoms with van der Waals surface area (Å²) in [6.45, 7) is 2.82. The molecular formula is C10H24N2OSi. The molecule has 1 unspecified atom stereocenters. The van der Waals surface area contributed by atoms with Crippen LogP contribution in [0.15, 0.2) is 11.8 Å². The summed E-state index contributed by atoms with van der Waals surface area (Å²) in [6, 6.07) is 0. The van der Waals surface area contributed by atoms with E-state index in [0.717, 1.165) is 16.8 Å². The van der Waals surface area contributed by atoms with Crippen molar-refractivity contribution < 1.29 is 4.74 Å². The molecule has 1 atom stereocenters. The normalized spacial score (nSPS) is 15.1. The first-order chi connectivity index (χ1) is 6.49. The largest absolute Gasteiger partial charge is 0.371 e. The maximum atomic E-state index is 5.72. The van der Waals surface area contributed by atoms with Gasteiger partial charge in [-0.1, -0.05) is 6.08 Å². The van der Waals surface area contributed by atoms with Gasteiger partial charge in [0, 0.05) is 10.2 Å². The van der Waals surface area contributed by atoms with Crippen molar-refractivity contribution in [1.29, 1.82) is 0 Å². The molecule has 0 N–H and O–H groups in total. The number of rotatable bonds is 6. The van der Waals surface area contributed by atoms with E-state index in [-0.39, 0.29) is 6.10 Å². The Morgan fingerprint density at radius 3 is 2.07 bits per heavy atom. The Morgan fingerprint density at radius 1 is 1.21 bits per heavy atom. The summed E-state index contributed by atoms with van der Waals surface area (Å²) >= 11 is 0. The zero-order valence-electron chi connectivity index (χ0n) is 10.3. The number of hydrogen-bond acceptors (Lipinski definition) is 3. The van der Waals surface area contributed by atoms with Gasteiger partial charge in [0.05, 0.1) is 18.9 Å². The van der Waals surface area contributed by atoms with Crippen molar-refractivity contribution >= 4 is 10.2 Å². The van der Waals surface area contributed by atoms with E-state index in [0.29, 0.717) is 6.17 Å². The molecule has 3 nitrogen and oxygen atoms in total. The lowest BCUT2D eigenvalue weighted by Gasteiger charge is -2.30. The van der Waals surface area contributed by atoms with E-state index in [1.807, 2.05) is 0 Å². The van der Waals surface area contributed by atoms with Crippen LogP contribution in [0.2, 0.25) is 0 Å². The summed E-state index contributed by atoms with van der Waals surface area (Å²) in [4.78, 5) is 4.33. The molecule has 0 aromatic heterocycles. The molecule has 0 amide bonds. The van der Waals surface area contributed by atoms with Crippen LogP contribution in [0.5, 0.6) is 0 Å². The predicted octanol–water partition coefficient (Wildman–Crippen LogP) is -0.280. The molecule has 84 valence electrons. The molecule has 0 bridgehead atoms. The Bertz CT molecular complexity index is 164. The lowest BCUT2D eigenvalue weighted by molar-refractivity contribution is 0.000619. The van der Waals surface area contributed by atoms with Crippen LogP contribution in [-0.4, -0.2) is 67.1 Å². The summed E-state index contributed by atoms with van der Waals surface area (Å²) in [5.74, 6) is 0. The highest BCUT2D eigenvalue weighted by Gasteiger charge is 2.14. The molecule has 0 heterocycles. The molecule has 0 aliphatic carbocycles. The highest BCUT2D eigenvalue weighted by atomic mass is 28.1. The van der Waals surface area contributed by atoms with Crippen LogP contribution in [-0.2, 0) is 4.74 Å². The van der Waals surface area contributed by atoms with E-state index in [4.69, 9.17) is 4.74 Å². The first-order valence-electron chi connectivity index (χ1n) is 5.06. The minimum atomic E-state index is 0.231. The van der Waals surface area contributed by atoms with Gasteiger partial charge in [-0.15, -0.1) is 5.70 Å². The second-order valence-electron chi connectivity index (χ2n) is 3.97. The topological polar surface area (TPSA) is 15.7 Å². The Labute approximate surface area is 91.1 Å². The van der Waals surface area contributed by atoms with E-state index in [9.17, 15) is 0 Å². The number of likely N-dealkylation sites (N-methyl/N-ethyl adjacent to an activating group) is 2. The molecular weight excluding hydrogens is 192 g/mol. The Morgan fingerprint density at radius 2 is 1.71 bits per heavy atom. The van der Waals surface area contributed by atoms with Crippen LogP contribution in [0.3, 0.4) is 0 Å². The van der Waals surface area contributed by atoms with Crippen LogP contribution < -0.4 is 0 Å². The Kier molecular flexibility index (Phi) is 7.09. The molecule has 0 saturated heterocycles. The molecule has 0 fully saturated rings. The number of ether oxygens (including phenoxy) is 1. The highest BCUT2D eigenvalue weighted by Crippen LogP contribution is 2.01. The fourth-order valence-corrected chi connectivity index (χ4v) is 1.87. The van der Waals surface area contributed by atoms with Crippen LogP contribution in [0.25, 0.3) is 0 Å². The van der Waals surface area contributed by atoms with Crippen molar-refractivity contribution in [2.75, 3.05) is 34.8 Å². The molecule has 0 aliphatic heterocycles. The first-order valence-corrected chi connectivity index (χ1v) is 6.21. The monoisotopic (exact) mass is 216 g/mol. The van der Waals surface area contributed by atoms with Gasteiger partial charge in [0.25, 0.3) is 0 Å². The van der Waals surface area contributed by atoms with Gasteiger partial charge in [-0.3, -0.25) is 9.80 Å². The third-order valence-corrected chi connectivity index (χ3v) is 2.55. The van der Waals surface area contributed by atoms with Gasteiger partial charge in [-0.05, 0) is 35.1 Å². The highest BCUT2D eigenvalue weighted by molar-refractivity contribution is 6.17. The average Bonchev–Trinajstić information content (AvgIpc) is 2.03. The van der Waals surface area contributed by atoms with E-state index in [1.165, 1.54) is 0 Å². The number of nitrogens with zero attached hydrogens (tertiary/aromatic N) is 2. The van der Waals surface area contributed by atoms with Gasteiger partial charge in [-0.25, -0.2) is 0 Å². The fourth-order valence-electron chi connectivity index (χ4n) is 1.32. The molecule has 0 aromatic rings. The minimum absolute atomic E-state index is 0.231. The maximum absolute atomic E-state index is 5.72. The molecule has 4 heteroatoms. The predicted molar refractivity (Wildman–Crippen MR) is 65.7 cm³/mol. The standard InChI is InChI=1S/C10H24N2OSi/c1-9(6-7-14)13-8-10(11(2)3)12(4)5/h6-7,9-10H,8H2,1-5,14H3. The van der Waals surface area contributed by atoms with Gasteiger partial charge in [0.1, 0.15) is 0 Å². The van der Waals surface area contributed by atoms with E-state index < -0.39 is 0 Å². The maximum Gasteiger partial charge on any atom is 0.0854 e. The first kappa shape index (κ1) is 13.8. The summed E-state index contributed by atoms with van der Waals surface area (Å²) in [5.41, 5.74) is 2.16.